The van der Waals surface area contributed by atoms with Gasteiger partial charge in [-0.2, -0.15) is 0 Å². The predicted octanol–water partition coefficient (Wildman–Crippen LogP) is 3.66. The van der Waals surface area contributed by atoms with Crippen LogP contribution in [-0.4, -0.2) is 5.11 Å². The molecule has 1 N–H and O–H groups in total. The number of aliphatic hydroxyl groups excluding tert-OH is 1. The topological polar surface area (TPSA) is 33.4 Å². The summed E-state index contributed by atoms with van der Waals surface area (Å²) in [6, 6.07) is 1.85. The van der Waals surface area contributed by atoms with Gasteiger partial charge in [-0.1, -0.05) is 19.3 Å². The second-order valence-electron chi connectivity index (χ2n) is 3.99. The van der Waals surface area contributed by atoms with Gasteiger partial charge in [0.15, 0.2) is 4.67 Å². The first-order chi connectivity index (χ1) is 6.79. The van der Waals surface area contributed by atoms with Crippen LogP contribution in [0.15, 0.2) is 21.4 Å². The monoisotopic (exact) mass is 258 g/mol. The van der Waals surface area contributed by atoms with Crippen molar-refractivity contribution in [2.75, 3.05) is 0 Å². The molecular formula is C11H15BrO2. The maximum atomic E-state index is 10.1. The Morgan fingerprint density at radius 1 is 1.36 bits per heavy atom. The van der Waals surface area contributed by atoms with E-state index in [4.69, 9.17) is 4.42 Å². The van der Waals surface area contributed by atoms with Crippen LogP contribution < -0.4 is 0 Å². The van der Waals surface area contributed by atoms with Crippen LogP contribution in [0.2, 0.25) is 0 Å². The molecule has 2 nitrogen and oxygen atoms in total. The normalized spacial score (nSPS) is 21.0. The molecule has 1 saturated carbocycles. The first-order valence-corrected chi connectivity index (χ1v) is 5.99. The summed E-state index contributed by atoms with van der Waals surface area (Å²) in [5, 5.41) is 10.1. The molecular weight excluding hydrogens is 244 g/mol. The quantitative estimate of drug-likeness (QED) is 0.879. The lowest BCUT2D eigenvalue weighted by molar-refractivity contribution is 0.0834. The first kappa shape index (κ1) is 10.2. The molecule has 0 aromatic carbocycles. The smallest absolute Gasteiger partial charge is 0.174 e. The number of hydrogen-bond donors (Lipinski definition) is 1. The van der Waals surface area contributed by atoms with E-state index in [2.05, 4.69) is 15.9 Å². The minimum absolute atomic E-state index is 0.358. The van der Waals surface area contributed by atoms with E-state index in [1.165, 1.54) is 19.3 Å². The lowest BCUT2D eigenvalue weighted by atomic mass is 9.83. The highest BCUT2D eigenvalue weighted by Gasteiger charge is 2.25. The second-order valence-corrected chi connectivity index (χ2v) is 4.71. The van der Waals surface area contributed by atoms with Gasteiger partial charge >= 0.3 is 0 Å². The Hall–Kier alpha value is -0.280. The summed E-state index contributed by atoms with van der Waals surface area (Å²) < 4.78 is 5.81. The van der Waals surface area contributed by atoms with Gasteiger partial charge in [-0.05, 0) is 40.8 Å². The number of hydrogen-bond acceptors (Lipinski definition) is 2. The Morgan fingerprint density at radius 3 is 2.64 bits per heavy atom. The lowest BCUT2D eigenvalue weighted by Gasteiger charge is -2.26. The van der Waals surface area contributed by atoms with E-state index in [-0.39, 0.29) is 6.10 Å². The number of rotatable bonds is 2. The summed E-state index contributed by atoms with van der Waals surface area (Å²) in [4.78, 5) is 0. The van der Waals surface area contributed by atoms with Gasteiger partial charge in [0, 0.05) is 5.56 Å². The highest BCUT2D eigenvalue weighted by molar-refractivity contribution is 9.10. The van der Waals surface area contributed by atoms with E-state index in [9.17, 15) is 5.11 Å². The maximum Gasteiger partial charge on any atom is 0.174 e. The molecule has 78 valence electrons. The Balaban J connectivity index is 2.07. The highest BCUT2D eigenvalue weighted by Crippen LogP contribution is 2.37. The Bertz CT molecular complexity index is 289. The van der Waals surface area contributed by atoms with Crippen LogP contribution in [0.1, 0.15) is 43.8 Å². The van der Waals surface area contributed by atoms with Crippen LogP contribution in [0.4, 0.5) is 0 Å². The third-order valence-corrected chi connectivity index (χ3v) is 3.71. The van der Waals surface area contributed by atoms with E-state index in [0.29, 0.717) is 10.6 Å². The summed E-state index contributed by atoms with van der Waals surface area (Å²) >= 11 is 3.31. The summed E-state index contributed by atoms with van der Waals surface area (Å²) in [5.41, 5.74) is 0.900. The molecule has 3 heteroatoms. The van der Waals surface area contributed by atoms with Crippen LogP contribution in [0.5, 0.6) is 0 Å². The Labute approximate surface area is 92.4 Å². The van der Waals surface area contributed by atoms with Crippen LogP contribution >= 0.6 is 15.9 Å². The number of furan rings is 1. The first-order valence-electron chi connectivity index (χ1n) is 5.20. The van der Waals surface area contributed by atoms with E-state index in [1.807, 2.05) is 6.07 Å². The summed E-state index contributed by atoms with van der Waals surface area (Å²) in [5.74, 6) is 0.414. The van der Waals surface area contributed by atoms with Crippen molar-refractivity contribution in [3.8, 4) is 0 Å². The molecule has 0 saturated heterocycles. The Kier molecular flexibility index (Phi) is 3.29. The fraction of sp³-hybridized carbons (Fsp3) is 0.636. The molecule has 1 aliphatic carbocycles. The SMILES string of the molecule is OC(c1ccoc1Br)C1CCCCC1. The van der Waals surface area contributed by atoms with Crippen LogP contribution in [0, 0.1) is 5.92 Å². The molecule has 0 aliphatic heterocycles. The average molecular weight is 259 g/mol. The van der Waals surface area contributed by atoms with E-state index < -0.39 is 0 Å². The summed E-state index contributed by atoms with van der Waals surface area (Å²) in [7, 11) is 0. The van der Waals surface area contributed by atoms with Crippen molar-refractivity contribution < 1.29 is 9.52 Å². The van der Waals surface area contributed by atoms with Crippen molar-refractivity contribution in [2.45, 2.75) is 38.2 Å². The van der Waals surface area contributed by atoms with Crippen LogP contribution in [0.3, 0.4) is 0 Å². The van der Waals surface area contributed by atoms with Crippen molar-refractivity contribution in [3.63, 3.8) is 0 Å². The average Bonchev–Trinajstić information content (AvgIpc) is 2.65. The van der Waals surface area contributed by atoms with E-state index in [1.54, 1.807) is 6.26 Å². The number of halogens is 1. The van der Waals surface area contributed by atoms with Gasteiger partial charge in [-0.25, -0.2) is 0 Å². The largest absolute Gasteiger partial charge is 0.457 e. The van der Waals surface area contributed by atoms with Crippen molar-refractivity contribution in [1.82, 2.24) is 0 Å². The molecule has 0 amide bonds. The summed E-state index contributed by atoms with van der Waals surface area (Å²) in [6.45, 7) is 0. The van der Waals surface area contributed by atoms with Gasteiger partial charge in [0.05, 0.1) is 12.4 Å². The molecule has 1 aromatic rings. The van der Waals surface area contributed by atoms with Gasteiger partial charge < -0.3 is 9.52 Å². The summed E-state index contributed by atoms with van der Waals surface area (Å²) in [6.07, 6.45) is 7.34. The number of aliphatic hydroxyl groups is 1. The molecule has 0 spiro atoms. The van der Waals surface area contributed by atoms with Gasteiger partial charge in [-0.15, -0.1) is 0 Å². The van der Waals surface area contributed by atoms with E-state index >= 15 is 0 Å². The molecule has 2 rings (SSSR count). The fourth-order valence-corrected chi connectivity index (χ4v) is 2.69. The zero-order valence-corrected chi connectivity index (χ0v) is 9.66. The zero-order chi connectivity index (χ0) is 9.97. The molecule has 14 heavy (non-hydrogen) atoms. The molecule has 1 atom stereocenters. The zero-order valence-electron chi connectivity index (χ0n) is 8.08. The van der Waals surface area contributed by atoms with E-state index in [0.717, 1.165) is 18.4 Å². The van der Waals surface area contributed by atoms with Crippen LogP contribution in [0.25, 0.3) is 0 Å². The lowest BCUT2D eigenvalue weighted by Crippen LogP contribution is -2.15. The molecule has 1 aliphatic rings. The minimum atomic E-state index is -0.358. The third-order valence-electron chi connectivity index (χ3n) is 3.06. The fourth-order valence-electron chi connectivity index (χ4n) is 2.22. The minimum Gasteiger partial charge on any atom is -0.457 e. The molecule has 0 bridgehead atoms. The molecule has 1 unspecified atom stereocenters. The van der Waals surface area contributed by atoms with Crippen molar-refractivity contribution >= 4 is 15.9 Å². The van der Waals surface area contributed by atoms with Crippen molar-refractivity contribution in [2.24, 2.45) is 5.92 Å². The Morgan fingerprint density at radius 2 is 2.07 bits per heavy atom. The van der Waals surface area contributed by atoms with Gasteiger partial charge in [0.2, 0.25) is 0 Å². The van der Waals surface area contributed by atoms with Gasteiger partial charge in [0.25, 0.3) is 0 Å². The molecule has 1 aromatic heterocycles. The van der Waals surface area contributed by atoms with Gasteiger partial charge in [0.1, 0.15) is 0 Å². The van der Waals surface area contributed by atoms with Crippen molar-refractivity contribution in [3.05, 3.63) is 22.6 Å². The molecule has 0 radical (unpaired) electrons. The van der Waals surface area contributed by atoms with Gasteiger partial charge in [-0.3, -0.25) is 0 Å². The predicted molar refractivity (Wildman–Crippen MR) is 57.9 cm³/mol. The highest BCUT2D eigenvalue weighted by atomic mass is 79.9. The van der Waals surface area contributed by atoms with Crippen LogP contribution in [-0.2, 0) is 0 Å². The molecule has 1 heterocycles. The maximum absolute atomic E-state index is 10.1. The van der Waals surface area contributed by atoms with Crippen molar-refractivity contribution in [1.29, 1.82) is 0 Å². The third kappa shape index (κ3) is 2.04. The standard InChI is InChI=1S/C11H15BrO2/c12-11-9(6-7-14-11)10(13)8-4-2-1-3-5-8/h6-8,10,13H,1-5H2. The second kappa shape index (κ2) is 4.49. The molecule has 1 fully saturated rings.